The molecule has 0 fully saturated rings. The molecule has 2 heterocycles. The third kappa shape index (κ3) is 2.04. The van der Waals surface area contributed by atoms with E-state index in [1.54, 1.807) is 19.1 Å². The van der Waals surface area contributed by atoms with Gasteiger partial charge in [-0.2, -0.15) is 0 Å². The molecule has 0 spiro atoms. The Balaban J connectivity index is 2.09. The van der Waals surface area contributed by atoms with Crippen LogP contribution >= 0.6 is 11.6 Å². The molecule has 0 saturated carbocycles. The van der Waals surface area contributed by atoms with Gasteiger partial charge in [-0.1, -0.05) is 11.6 Å². The fourth-order valence-corrected chi connectivity index (χ4v) is 2.72. The Morgan fingerprint density at radius 1 is 1.58 bits per heavy atom. The summed E-state index contributed by atoms with van der Waals surface area (Å²) in [5, 5.41) is 10.0. The van der Waals surface area contributed by atoms with Crippen LogP contribution in [0.1, 0.15) is 18.6 Å². The van der Waals surface area contributed by atoms with Gasteiger partial charge < -0.3 is 24.9 Å². The van der Waals surface area contributed by atoms with Crippen molar-refractivity contribution in [2.24, 2.45) is 5.73 Å². The standard InChI is InChI=1S/C12H15BClNO4/c1-12(5-16)6-17-8-3-2-7(14)10-9(4-15)18-13(19-12)11(8)10/h2-3,9,16H,4-6,15H2,1H3/t9?,12-/m1/s1. The number of aliphatic hydroxyl groups excluding tert-OH is 1. The highest BCUT2D eigenvalue weighted by Crippen LogP contribution is 2.36. The summed E-state index contributed by atoms with van der Waals surface area (Å²) in [4.78, 5) is 0. The maximum Gasteiger partial charge on any atom is 0.499 e. The lowest BCUT2D eigenvalue weighted by Gasteiger charge is -2.27. The molecule has 2 aliphatic rings. The quantitative estimate of drug-likeness (QED) is 0.760. The molecule has 102 valence electrons. The van der Waals surface area contributed by atoms with Crippen LogP contribution in [-0.2, 0) is 9.31 Å². The van der Waals surface area contributed by atoms with Gasteiger partial charge in [-0.05, 0) is 19.1 Å². The minimum atomic E-state index is -0.809. The van der Waals surface area contributed by atoms with Gasteiger partial charge in [-0.25, -0.2) is 0 Å². The summed E-state index contributed by atoms with van der Waals surface area (Å²) in [7, 11) is -0.600. The molecule has 19 heavy (non-hydrogen) atoms. The monoisotopic (exact) mass is 283 g/mol. The number of benzene rings is 1. The number of aliphatic hydroxyl groups is 1. The van der Waals surface area contributed by atoms with Crippen LogP contribution in [0.3, 0.4) is 0 Å². The second-order valence-corrected chi connectivity index (χ2v) is 5.49. The van der Waals surface area contributed by atoms with Crippen LogP contribution in [0.4, 0.5) is 0 Å². The van der Waals surface area contributed by atoms with Crippen LogP contribution in [0.2, 0.25) is 5.02 Å². The van der Waals surface area contributed by atoms with Crippen molar-refractivity contribution in [3.63, 3.8) is 0 Å². The van der Waals surface area contributed by atoms with Gasteiger partial charge in [0, 0.05) is 22.6 Å². The van der Waals surface area contributed by atoms with E-state index < -0.39 is 12.7 Å². The van der Waals surface area contributed by atoms with Crippen molar-refractivity contribution < 1.29 is 19.2 Å². The highest BCUT2D eigenvalue weighted by molar-refractivity contribution is 6.65. The zero-order chi connectivity index (χ0) is 13.6. The van der Waals surface area contributed by atoms with Gasteiger partial charge in [-0.3, -0.25) is 0 Å². The molecular weight excluding hydrogens is 268 g/mol. The van der Waals surface area contributed by atoms with E-state index >= 15 is 0 Å². The molecule has 1 unspecified atom stereocenters. The normalized spacial score (nSPS) is 28.8. The van der Waals surface area contributed by atoms with Crippen molar-refractivity contribution in [1.82, 2.24) is 0 Å². The molecule has 1 aromatic carbocycles. The molecule has 0 aliphatic carbocycles. The van der Waals surface area contributed by atoms with E-state index in [1.165, 1.54) is 0 Å². The minimum Gasteiger partial charge on any atom is -0.491 e. The average Bonchev–Trinajstić information content (AvgIpc) is 2.70. The van der Waals surface area contributed by atoms with Crippen LogP contribution in [0.25, 0.3) is 0 Å². The number of nitrogens with two attached hydrogens (primary N) is 1. The van der Waals surface area contributed by atoms with Gasteiger partial charge in [0.1, 0.15) is 18.0 Å². The van der Waals surface area contributed by atoms with Crippen LogP contribution in [0.15, 0.2) is 12.1 Å². The maximum atomic E-state index is 9.45. The van der Waals surface area contributed by atoms with Gasteiger partial charge in [0.2, 0.25) is 0 Å². The van der Waals surface area contributed by atoms with Crippen molar-refractivity contribution in [2.45, 2.75) is 18.6 Å². The lowest BCUT2D eigenvalue weighted by molar-refractivity contribution is -0.0265. The first-order valence-corrected chi connectivity index (χ1v) is 6.55. The molecule has 3 N–H and O–H groups in total. The van der Waals surface area contributed by atoms with E-state index in [4.69, 9.17) is 31.4 Å². The molecule has 1 aromatic rings. The Bertz CT molecular complexity index is 515. The molecule has 0 radical (unpaired) electrons. The van der Waals surface area contributed by atoms with Gasteiger partial charge in [0.05, 0.1) is 12.7 Å². The lowest BCUT2D eigenvalue weighted by atomic mass is 9.77. The number of ether oxygens (including phenoxy) is 1. The largest absolute Gasteiger partial charge is 0.499 e. The van der Waals surface area contributed by atoms with Crippen molar-refractivity contribution in [3.8, 4) is 5.75 Å². The smallest absolute Gasteiger partial charge is 0.491 e. The van der Waals surface area contributed by atoms with Gasteiger partial charge in [0.25, 0.3) is 0 Å². The van der Waals surface area contributed by atoms with E-state index in [2.05, 4.69) is 0 Å². The zero-order valence-electron chi connectivity index (χ0n) is 10.6. The summed E-state index contributed by atoms with van der Waals surface area (Å²) in [6, 6.07) is 3.56. The first kappa shape index (κ1) is 13.2. The molecule has 0 amide bonds. The Morgan fingerprint density at radius 3 is 3.05 bits per heavy atom. The molecule has 7 heteroatoms. The zero-order valence-corrected chi connectivity index (χ0v) is 11.3. The Kier molecular flexibility index (Phi) is 3.23. The highest BCUT2D eigenvalue weighted by atomic mass is 35.5. The molecule has 2 aliphatic heterocycles. The number of hydrogen-bond donors (Lipinski definition) is 2. The minimum absolute atomic E-state index is 0.156. The predicted octanol–water partition coefficient (Wildman–Crippen LogP) is 0.225. The third-order valence-electron chi connectivity index (χ3n) is 3.51. The Hall–Kier alpha value is -0.785. The molecule has 0 bridgehead atoms. The summed E-state index contributed by atoms with van der Waals surface area (Å²) in [5.41, 5.74) is 6.53. The van der Waals surface area contributed by atoms with Crippen LogP contribution in [0, 0.1) is 0 Å². The Morgan fingerprint density at radius 2 is 2.37 bits per heavy atom. The predicted molar refractivity (Wildman–Crippen MR) is 71.8 cm³/mol. The van der Waals surface area contributed by atoms with Gasteiger partial charge in [0.15, 0.2) is 0 Å². The maximum absolute atomic E-state index is 9.45. The fraction of sp³-hybridized carbons (Fsp3) is 0.500. The number of halogens is 1. The third-order valence-corrected chi connectivity index (χ3v) is 3.84. The fourth-order valence-electron chi connectivity index (χ4n) is 2.44. The van der Waals surface area contributed by atoms with Crippen molar-refractivity contribution in [2.75, 3.05) is 19.8 Å². The van der Waals surface area contributed by atoms with Crippen molar-refractivity contribution in [1.29, 1.82) is 0 Å². The molecule has 2 atom stereocenters. The summed E-state index contributed by atoms with van der Waals surface area (Å²) in [6.07, 6.45) is -0.308. The van der Waals surface area contributed by atoms with Gasteiger partial charge in [-0.15, -0.1) is 0 Å². The van der Waals surface area contributed by atoms with Crippen molar-refractivity contribution >= 4 is 24.2 Å². The van der Waals surface area contributed by atoms with Crippen LogP contribution < -0.4 is 15.9 Å². The molecule has 3 rings (SSSR count). The summed E-state index contributed by atoms with van der Waals surface area (Å²) in [5.74, 6) is 0.678. The second-order valence-electron chi connectivity index (χ2n) is 5.08. The van der Waals surface area contributed by atoms with Crippen LogP contribution in [-0.4, -0.2) is 37.6 Å². The SMILES string of the molecule is C[C@@]1(CO)COc2ccc(Cl)c3c2B(OC3CN)O1. The van der Waals surface area contributed by atoms with E-state index in [-0.39, 0.29) is 19.3 Å². The summed E-state index contributed by atoms with van der Waals surface area (Å²) < 4.78 is 17.4. The number of hydrogen-bond acceptors (Lipinski definition) is 5. The van der Waals surface area contributed by atoms with Crippen molar-refractivity contribution in [3.05, 3.63) is 22.7 Å². The average molecular weight is 284 g/mol. The topological polar surface area (TPSA) is 73.9 Å². The lowest BCUT2D eigenvalue weighted by Crippen LogP contribution is -2.45. The second kappa shape index (κ2) is 4.65. The molecule has 0 saturated heterocycles. The molecule has 5 nitrogen and oxygen atoms in total. The number of rotatable bonds is 2. The van der Waals surface area contributed by atoms with Gasteiger partial charge >= 0.3 is 7.12 Å². The molecular formula is C12H15BClNO4. The molecule has 0 aromatic heterocycles. The summed E-state index contributed by atoms with van der Waals surface area (Å²) >= 11 is 6.22. The van der Waals surface area contributed by atoms with E-state index in [9.17, 15) is 5.11 Å². The first-order chi connectivity index (χ1) is 9.08. The highest BCUT2D eigenvalue weighted by Gasteiger charge is 2.47. The van der Waals surface area contributed by atoms with E-state index in [0.29, 0.717) is 17.3 Å². The summed E-state index contributed by atoms with van der Waals surface area (Å²) in [6.45, 7) is 2.19. The first-order valence-electron chi connectivity index (χ1n) is 6.17. The Labute approximate surface area is 116 Å². The van der Waals surface area contributed by atoms with Crippen LogP contribution in [0.5, 0.6) is 5.75 Å². The van der Waals surface area contributed by atoms with E-state index in [0.717, 1.165) is 11.0 Å². The van der Waals surface area contributed by atoms with E-state index in [1.807, 2.05) is 0 Å².